The van der Waals surface area contributed by atoms with Crippen LogP contribution < -0.4 is 4.90 Å². The summed E-state index contributed by atoms with van der Waals surface area (Å²) in [6, 6.07) is 12.8. The van der Waals surface area contributed by atoms with Crippen molar-refractivity contribution in [1.29, 1.82) is 0 Å². The number of carbonyl (C=O) groups excluding carboxylic acids is 1. The highest BCUT2D eigenvalue weighted by Gasteiger charge is 2.47. The summed E-state index contributed by atoms with van der Waals surface area (Å²) in [6.45, 7) is 0. The van der Waals surface area contributed by atoms with Gasteiger partial charge in [-0.05, 0) is 54.8 Å². The Labute approximate surface area is 133 Å². The SMILES string of the molecule is O=C1C[C@@H]2CC[C@H]1[C@H](c1ccc(F)cc1)N2c1ccc(F)cc1. The Morgan fingerprint density at radius 1 is 0.870 bits per heavy atom. The van der Waals surface area contributed by atoms with E-state index in [0.29, 0.717) is 6.42 Å². The van der Waals surface area contributed by atoms with E-state index in [9.17, 15) is 13.6 Å². The third-order valence-corrected chi connectivity index (χ3v) is 5.07. The van der Waals surface area contributed by atoms with Crippen molar-refractivity contribution in [1.82, 2.24) is 0 Å². The molecule has 0 N–H and O–H groups in total. The van der Waals surface area contributed by atoms with Crippen molar-refractivity contribution in [3.63, 3.8) is 0 Å². The van der Waals surface area contributed by atoms with Crippen molar-refractivity contribution in [2.75, 3.05) is 4.90 Å². The Kier molecular flexibility index (Phi) is 3.40. The van der Waals surface area contributed by atoms with E-state index >= 15 is 0 Å². The van der Waals surface area contributed by atoms with Gasteiger partial charge in [0.05, 0.1) is 6.04 Å². The van der Waals surface area contributed by atoms with Gasteiger partial charge in [0.2, 0.25) is 0 Å². The minimum absolute atomic E-state index is 0.0736. The van der Waals surface area contributed by atoms with E-state index in [1.165, 1.54) is 24.3 Å². The maximum atomic E-state index is 13.3. The van der Waals surface area contributed by atoms with Crippen molar-refractivity contribution in [3.8, 4) is 0 Å². The number of benzene rings is 2. The molecule has 2 aliphatic heterocycles. The molecule has 1 aliphatic carbocycles. The fourth-order valence-corrected chi connectivity index (χ4v) is 4.05. The molecule has 2 aromatic rings. The molecule has 2 aromatic carbocycles. The van der Waals surface area contributed by atoms with E-state index in [1.54, 1.807) is 24.3 Å². The van der Waals surface area contributed by atoms with Crippen LogP contribution in [0.2, 0.25) is 0 Å². The highest BCUT2D eigenvalue weighted by atomic mass is 19.1. The number of hydrogen-bond donors (Lipinski definition) is 0. The van der Waals surface area contributed by atoms with Gasteiger partial charge in [-0.25, -0.2) is 8.78 Å². The number of piperidine rings is 2. The first-order valence-electron chi connectivity index (χ1n) is 7.95. The average Bonchev–Trinajstić information content (AvgIpc) is 2.56. The lowest BCUT2D eigenvalue weighted by Crippen LogP contribution is -2.54. The summed E-state index contributed by atoms with van der Waals surface area (Å²) in [4.78, 5) is 14.6. The summed E-state index contributed by atoms with van der Waals surface area (Å²) < 4.78 is 26.5. The molecule has 0 unspecified atom stereocenters. The Morgan fingerprint density at radius 3 is 2.09 bits per heavy atom. The Bertz CT molecular complexity index is 726. The molecule has 4 heteroatoms. The van der Waals surface area contributed by atoms with Crippen LogP contribution in [0.3, 0.4) is 0 Å². The first-order chi connectivity index (χ1) is 11.1. The van der Waals surface area contributed by atoms with Gasteiger partial charge in [-0.3, -0.25) is 4.79 Å². The van der Waals surface area contributed by atoms with Crippen molar-refractivity contribution in [2.45, 2.75) is 31.3 Å². The van der Waals surface area contributed by atoms with Crippen LogP contribution in [0.1, 0.15) is 30.9 Å². The molecule has 0 amide bonds. The van der Waals surface area contributed by atoms with E-state index in [4.69, 9.17) is 0 Å². The first-order valence-corrected chi connectivity index (χ1v) is 7.95. The van der Waals surface area contributed by atoms with Gasteiger partial charge in [0.25, 0.3) is 0 Å². The topological polar surface area (TPSA) is 20.3 Å². The molecular weight excluding hydrogens is 296 g/mol. The van der Waals surface area contributed by atoms with Crippen molar-refractivity contribution >= 4 is 11.5 Å². The minimum atomic E-state index is -0.283. The second-order valence-corrected chi connectivity index (χ2v) is 6.39. The third-order valence-electron chi connectivity index (χ3n) is 5.07. The maximum absolute atomic E-state index is 13.3. The van der Waals surface area contributed by atoms with E-state index < -0.39 is 0 Å². The summed E-state index contributed by atoms with van der Waals surface area (Å²) in [7, 11) is 0. The van der Waals surface area contributed by atoms with Crippen LogP contribution in [-0.4, -0.2) is 11.8 Å². The Hall–Kier alpha value is -2.23. The summed E-state index contributed by atoms with van der Waals surface area (Å²) in [5, 5.41) is 0. The monoisotopic (exact) mass is 313 g/mol. The molecule has 1 saturated carbocycles. The fourth-order valence-electron chi connectivity index (χ4n) is 4.05. The lowest BCUT2D eigenvalue weighted by atomic mass is 9.71. The Balaban J connectivity index is 1.79. The van der Waals surface area contributed by atoms with Crippen LogP contribution in [0, 0.1) is 17.6 Å². The number of hydrogen-bond acceptors (Lipinski definition) is 2. The van der Waals surface area contributed by atoms with Gasteiger partial charge >= 0.3 is 0 Å². The third kappa shape index (κ3) is 2.42. The molecule has 118 valence electrons. The number of rotatable bonds is 2. The fraction of sp³-hybridized carbons (Fsp3) is 0.316. The summed E-state index contributed by atoms with van der Waals surface area (Å²) >= 11 is 0. The number of anilines is 1. The molecule has 3 aliphatic rings. The quantitative estimate of drug-likeness (QED) is 0.825. The lowest BCUT2D eigenvalue weighted by Gasteiger charge is -2.52. The number of fused-ring (bicyclic) bond motifs is 3. The van der Waals surface area contributed by atoms with Crippen LogP contribution in [-0.2, 0) is 4.79 Å². The first kappa shape index (κ1) is 14.4. The summed E-state index contributed by atoms with van der Waals surface area (Å²) in [6.07, 6.45) is 2.37. The minimum Gasteiger partial charge on any atom is -0.360 e. The van der Waals surface area contributed by atoms with Crippen molar-refractivity contribution in [2.24, 2.45) is 5.92 Å². The van der Waals surface area contributed by atoms with Gasteiger partial charge in [0.15, 0.2) is 0 Å². The number of Topliss-reactive ketones (excluding diaryl/α,β-unsaturated/α-hetero) is 1. The van der Waals surface area contributed by atoms with Crippen LogP contribution in [0.4, 0.5) is 14.5 Å². The van der Waals surface area contributed by atoms with Crippen molar-refractivity contribution < 1.29 is 13.6 Å². The van der Waals surface area contributed by atoms with E-state index in [0.717, 1.165) is 24.1 Å². The molecule has 2 nitrogen and oxygen atoms in total. The van der Waals surface area contributed by atoms with Crippen molar-refractivity contribution in [3.05, 3.63) is 65.7 Å². The molecule has 0 spiro atoms. The van der Waals surface area contributed by atoms with Gasteiger partial charge in [-0.1, -0.05) is 12.1 Å². The van der Waals surface area contributed by atoms with Gasteiger partial charge in [-0.15, -0.1) is 0 Å². The molecule has 2 saturated heterocycles. The second kappa shape index (κ2) is 5.44. The Morgan fingerprint density at radius 2 is 1.48 bits per heavy atom. The molecule has 2 heterocycles. The number of ketones is 1. The molecule has 2 bridgehead atoms. The van der Waals surface area contributed by atoms with Crippen LogP contribution in [0.15, 0.2) is 48.5 Å². The zero-order valence-electron chi connectivity index (χ0n) is 12.6. The normalized spacial score (nSPS) is 26.6. The average molecular weight is 313 g/mol. The second-order valence-electron chi connectivity index (χ2n) is 6.39. The highest BCUT2D eigenvalue weighted by Crippen LogP contribution is 2.47. The van der Waals surface area contributed by atoms with E-state index in [1.807, 2.05) is 0 Å². The van der Waals surface area contributed by atoms with Crippen LogP contribution >= 0.6 is 0 Å². The van der Waals surface area contributed by atoms with Gasteiger partial charge in [0.1, 0.15) is 17.4 Å². The molecule has 3 atom stereocenters. The molecule has 5 rings (SSSR count). The van der Waals surface area contributed by atoms with Crippen LogP contribution in [0.25, 0.3) is 0 Å². The van der Waals surface area contributed by atoms with Gasteiger partial charge in [0, 0.05) is 24.1 Å². The summed E-state index contributed by atoms with van der Waals surface area (Å²) in [5.74, 6) is -0.343. The lowest BCUT2D eigenvalue weighted by molar-refractivity contribution is -0.128. The summed E-state index contributed by atoms with van der Waals surface area (Å²) in [5.41, 5.74) is 1.86. The predicted octanol–water partition coefficient (Wildman–Crippen LogP) is 4.26. The zero-order valence-corrected chi connectivity index (χ0v) is 12.6. The number of halogens is 2. The molecule has 23 heavy (non-hydrogen) atoms. The predicted molar refractivity (Wildman–Crippen MR) is 84.2 cm³/mol. The molecule has 0 aromatic heterocycles. The number of carbonyl (C=O) groups is 1. The molecule has 3 fully saturated rings. The zero-order chi connectivity index (χ0) is 16.0. The molecular formula is C19H17F2NO. The smallest absolute Gasteiger partial charge is 0.140 e. The standard InChI is InChI=1S/C19H17F2NO/c20-13-3-1-12(2-4-13)19-17-10-9-16(11-18(17)23)22(19)15-7-5-14(21)6-8-15/h1-8,16-17,19H,9-11H2/t16-,17+,19-/m0/s1. The van der Waals surface area contributed by atoms with Gasteiger partial charge < -0.3 is 4.90 Å². The van der Waals surface area contributed by atoms with E-state index in [-0.39, 0.29) is 35.4 Å². The molecule has 0 radical (unpaired) electrons. The van der Waals surface area contributed by atoms with E-state index in [2.05, 4.69) is 4.90 Å². The number of nitrogens with zero attached hydrogens (tertiary/aromatic N) is 1. The largest absolute Gasteiger partial charge is 0.360 e. The maximum Gasteiger partial charge on any atom is 0.140 e. The van der Waals surface area contributed by atoms with Gasteiger partial charge in [-0.2, -0.15) is 0 Å². The van der Waals surface area contributed by atoms with Crippen LogP contribution in [0.5, 0.6) is 0 Å². The highest BCUT2D eigenvalue weighted by molar-refractivity contribution is 5.86.